The minimum absolute atomic E-state index is 0.0275. The van der Waals surface area contributed by atoms with Crippen molar-refractivity contribution >= 4 is 0 Å². The summed E-state index contributed by atoms with van der Waals surface area (Å²) >= 11 is 0. The van der Waals surface area contributed by atoms with Gasteiger partial charge in [-0.3, -0.25) is 0 Å². The van der Waals surface area contributed by atoms with E-state index in [9.17, 15) is 26.3 Å². The van der Waals surface area contributed by atoms with E-state index in [2.05, 4.69) is 10.1 Å². The zero-order valence-electron chi connectivity index (χ0n) is 9.30. The average molecular weight is 277 g/mol. The molecule has 4 nitrogen and oxygen atoms in total. The molecule has 1 atom stereocenters. The molecule has 1 unspecified atom stereocenters. The topological polar surface area (TPSA) is 39.9 Å². The highest BCUT2D eigenvalue weighted by molar-refractivity contribution is 5.00. The molecule has 0 fully saturated rings. The third-order valence-corrected chi connectivity index (χ3v) is 1.89. The molecule has 0 saturated heterocycles. The van der Waals surface area contributed by atoms with Crippen molar-refractivity contribution < 1.29 is 31.1 Å². The van der Waals surface area contributed by atoms with Crippen LogP contribution in [0.25, 0.3) is 0 Å². The van der Waals surface area contributed by atoms with Gasteiger partial charge in [0.15, 0.2) is 0 Å². The van der Waals surface area contributed by atoms with E-state index >= 15 is 0 Å². The fourth-order valence-corrected chi connectivity index (χ4v) is 1.20. The van der Waals surface area contributed by atoms with Crippen molar-refractivity contribution in [2.45, 2.75) is 32.4 Å². The summed E-state index contributed by atoms with van der Waals surface area (Å²) in [4.78, 5) is 2.48. The first-order chi connectivity index (χ1) is 8.07. The van der Waals surface area contributed by atoms with Crippen LogP contribution in [0.2, 0.25) is 0 Å². The second kappa shape index (κ2) is 4.75. The summed E-state index contributed by atoms with van der Waals surface area (Å²) in [7, 11) is 0. The number of aromatic nitrogens is 3. The molecule has 1 rings (SSSR count). The predicted molar refractivity (Wildman–Crippen MR) is 46.4 cm³/mol. The number of rotatable bonds is 3. The minimum atomic E-state index is -5.04. The van der Waals surface area contributed by atoms with Crippen LogP contribution < -0.4 is 0 Å². The summed E-state index contributed by atoms with van der Waals surface area (Å²) < 4.78 is 79.2. The zero-order valence-corrected chi connectivity index (χ0v) is 9.30. The molecule has 0 aliphatic rings. The van der Waals surface area contributed by atoms with Crippen LogP contribution in [0.15, 0.2) is 0 Å². The molecule has 0 bridgehead atoms. The smallest absolute Gasteiger partial charge is 0.357 e. The molecule has 0 radical (unpaired) electrons. The molecule has 0 N–H and O–H groups in total. The molecule has 1 heterocycles. The summed E-state index contributed by atoms with van der Waals surface area (Å²) in [5, 5.41) is 2.80. The highest BCUT2D eigenvalue weighted by atomic mass is 19.4. The second-order valence-electron chi connectivity index (χ2n) is 3.25. The quantitative estimate of drug-likeness (QED) is 0.797. The number of halogens is 6. The molecule has 0 aliphatic heterocycles. The molecule has 1 aromatic heterocycles. The van der Waals surface area contributed by atoms with E-state index in [0.29, 0.717) is 0 Å². The Bertz CT molecular complexity index is 410. The third kappa shape index (κ3) is 3.12. The summed E-state index contributed by atoms with van der Waals surface area (Å²) in [6.45, 7) is 2.67. The normalized spacial score (nSPS) is 14.9. The van der Waals surface area contributed by atoms with Gasteiger partial charge in [-0.1, -0.05) is 0 Å². The van der Waals surface area contributed by atoms with Gasteiger partial charge in [0.25, 0.3) is 5.82 Å². The van der Waals surface area contributed by atoms with E-state index in [0.717, 1.165) is 6.92 Å². The summed E-state index contributed by atoms with van der Waals surface area (Å²) in [6.07, 6.45) is -11.4. The zero-order chi connectivity index (χ0) is 14.1. The van der Waals surface area contributed by atoms with Gasteiger partial charge in [0.05, 0.1) is 0 Å². The van der Waals surface area contributed by atoms with Crippen LogP contribution in [0.5, 0.6) is 0 Å². The maximum Gasteiger partial charge on any atom is 0.453 e. The molecule has 0 saturated carbocycles. The minimum Gasteiger partial charge on any atom is -0.357 e. The first-order valence-corrected chi connectivity index (χ1v) is 4.80. The molecular weight excluding hydrogens is 268 g/mol. The average Bonchev–Trinajstić information content (AvgIpc) is 2.60. The molecule has 1 aromatic rings. The van der Waals surface area contributed by atoms with Crippen LogP contribution in [-0.2, 0) is 17.1 Å². The highest BCUT2D eigenvalue weighted by Gasteiger charge is 2.44. The van der Waals surface area contributed by atoms with Gasteiger partial charge in [-0.2, -0.15) is 31.3 Å². The fourth-order valence-electron chi connectivity index (χ4n) is 1.20. The van der Waals surface area contributed by atoms with E-state index in [4.69, 9.17) is 4.74 Å². The number of nitrogens with zero attached hydrogens (tertiary/aromatic N) is 3. The lowest BCUT2D eigenvalue weighted by molar-refractivity contribution is -0.154. The van der Waals surface area contributed by atoms with Gasteiger partial charge in [0.2, 0.25) is 5.82 Å². The standard InChI is InChI=1S/C8H9F6N3O/c1-3-18-4(2)17-6(8(12,13)14)15-5(16-17)7(9,10)11/h4H,3H2,1-2H3. The molecule has 0 aromatic carbocycles. The number of hydrogen-bond acceptors (Lipinski definition) is 3. The van der Waals surface area contributed by atoms with Crippen molar-refractivity contribution in [2.75, 3.05) is 6.61 Å². The van der Waals surface area contributed by atoms with E-state index in [1.165, 1.54) is 6.92 Å². The number of ether oxygens (including phenoxy) is 1. The maximum absolute atomic E-state index is 12.5. The van der Waals surface area contributed by atoms with E-state index < -0.39 is 30.2 Å². The molecule has 0 amide bonds. The Balaban J connectivity index is 3.26. The second-order valence-corrected chi connectivity index (χ2v) is 3.25. The van der Waals surface area contributed by atoms with Crippen molar-refractivity contribution in [3.63, 3.8) is 0 Å². The van der Waals surface area contributed by atoms with Crippen molar-refractivity contribution in [2.24, 2.45) is 0 Å². The van der Waals surface area contributed by atoms with Crippen molar-refractivity contribution in [3.05, 3.63) is 11.6 Å². The SMILES string of the molecule is CCOC(C)n1nc(C(F)(F)F)nc1C(F)(F)F. The van der Waals surface area contributed by atoms with E-state index in [1.807, 2.05) is 0 Å². The van der Waals surface area contributed by atoms with Gasteiger partial charge in [-0.05, 0) is 13.8 Å². The van der Waals surface area contributed by atoms with Crippen LogP contribution in [0.3, 0.4) is 0 Å². The van der Waals surface area contributed by atoms with Gasteiger partial charge >= 0.3 is 12.4 Å². The van der Waals surface area contributed by atoms with E-state index in [1.54, 1.807) is 0 Å². The Hall–Kier alpha value is -1.32. The monoisotopic (exact) mass is 277 g/mol. The number of hydrogen-bond donors (Lipinski definition) is 0. The first kappa shape index (κ1) is 14.7. The summed E-state index contributed by atoms with van der Waals surface area (Å²) in [6, 6.07) is 0. The first-order valence-electron chi connectivity index (χ1n) is 4.80. The van der Waals surface area contributed by atoms with Crippen LogP contribution in [0.4, 0.5) is 26.3 Å². The molecule has 0 aliphatic carbocycles. The van der Waals surface area contributed by atoms with Gasteiger partial charge in [0, 0.05) is 6.61 Å². The van der Waals surface area contributed by atoms with Crippen LogP contribution in [-0.4, -0.2) is 21.4 Å². The molecular formula is C8H9F6N3O. The van der Waals surface area contributed by atoms with Gasteiger partial charge in [-0.25, -0.2) is 4.68 Å². The third-order valence-electron chi connectivity index (χ3n) is 1.89. The van der Waals surface area contributed by atoms with Crippen molar-refractivity contribution in [1.82, 2.24) is 14.8 Å². The Morgan fingerprint density at radius 1 is 1.17 bits per heavy atom. The lowest BCUT2D eigenvalue weighted by atomic mass is 10.5. The number of alkyl halides is 6. The van der Waals surface area contributed by atoms with Gasteiger partial charge in [-0.15, -0.1) is 5.10 Å². The highest BCUT2D eigenvalue weighted by Crippen LogP contribution is 2.33. The molecule has 10 heteroatoms. The van der Waals surface area contributed by atoms with Crippen LogP contribution in [0, 0.1) is 0 Å². The van der Waals surface area contributed by atoms with Crippen LogP contribution in [0.1, 0.15) is 31.7 Å². The van der Waals surface area contributed by atoms with Crippen molar-refractivity contribution in [3.8, 4) is 0 Å². The summed E-state index contributed by atoms with van der Waals surface area (Å²) in [5.74, 6) is -3.59. The van der Waals surface area contributed by atoms with Gasteiger partial charge < -0.3 is 4.74 Å². The van der Waals surface area contributed by atoms with E-state index in [-0.39, 0.29) is 11.3 Å². The Morgan fingerprint density at radius 3 is 2.11 bits per heavy atom. The molecule has 104 valence electrons. The van der Waals surface area contributed by atoms with Gasteiger partial charge in [0.1, 0.15) is 6.23 Å². The van der Waals surface area contributed by atoms with Crippen molar-refractivity contribution in [1.29, 1.82) is 0 Å². The lowest BCUT2D eigenvalue weighted by Gasteiger charge is -2.15. The van der Waals surface area contributed by atoms with Crippen LogP contribution >= 0.6 is 0 Å². The summed E-state index contributed by atoms with van der Waals surface area (Å²) in [5.41, 5.74) is 0. The Morgan fingerprint density at radius 2 is 1.72 bits per heavy atom. The molecule has 0 spiro atoms. The largest absolute Gasteiger partial charge is 0.453 e. The maximum atomic E-state index is 12.5. The fraction of sp³-hybridized carbons (Fsp3) is 0.750. The Kier molecular flexibility index (Phi) is 3.89. The molecule has 18 heavy (non-hydrogen) atoms. The lowest BCUT2D eigenvalue weighted by Crippen LogP contribution is -2.20. The predicted octanol–water partition coefficient (Wildman–Crippen LogP) is 2.87. The Labute approximate surface area is 97.6 Å².